The molecule has 2 saturated carbocycles. The maximum absolute atomic E-state index is 11.9. The van der Waals surface area contributed by atoms with E-state index < -0.39 is 0 Å². The van der Waals surface area contributed by atoms with Gasteiger partial charge in [0.05, 0.1) is 5.92 Å². The maximum Gasteiger partial charge on any atom is 0.309 e. The van der Waals surface area contributed by atoms with Gasteiger partial charge in [-0.05, 0) is 45.4 Å². The molecule has 0 N–H and O–H groups in total. The van der Waals surface area contributed by atoms with Crippen LogP contribution in [0.3, 0.4) is 0 Å². The monoisotopic (exact) mass is 210 g/mol. The third kappa shape index (κ3) is 2.53. The van der Waals surface area contributed by atoms with Crippen LogP contribution in [0.2, 0.25) is 0 Å². The van der Waals surface area contributed by atoms with E-state index in [2.05, 4.69) is 0 Å². The summed E-state index contributed by atoms with van der Waals surface area (Å²) in [5, 5.41) is 0. The highest BCUT2D eigenvalue weighted by Crippen LogP contribution is 2.47. The van der Waals surface area contributed by atoms with E-state index >= 15 is 0 Å². The van der Waals surface area contributed by atoms with Crippen molar-refractivity contribution >= 4 is 5.97 Å². The Morgan fingerprint density at radius 1 is 1.13 bits per heavy atom. The molecule has 2 aliphatic rings. The Hall–Kier alpha value is -0.530. The summed E-state index contributed by atoms with van der Waals surface area (Å²) >= 11 is 0. The van der Waals surface area contributed by atoms with Crippen LogP contribution in [0.4, 0.5) is 0 Å². The van der Waals surface area contributed by atoms with Crippen molar-refractivity contribution in [2.45, 2.75) is 58.5 Å². The summed E-state index contributed by atoms with van der Waals surface area (Å²) in [5.74, 6) is 1.88. The van der Waals surface area contributed by atoms with Crippen LogP contribution >= 0.6 is 0 Å². The number of hydrogen-bond acceptors (Lipinski definition) is 2. The zero-order valence-corrected chi connectivity index (χ0v) is 10.1. The molecule has 86 valence electrons. The van der Waals surface area contributed by atoms with E-state index in [1.54, 1.807) is 0 Å². The average Bonchev–Trinajstić information content (AvgIpc) is 2.56. The van der Waals surface area contributed by atoms with Gasteiger partial charge in [-0.1, -0.05) is 19.3 Å². The maximum atomic E-state index is 11.9. The van der Waals surface area contributed by atoms with Crippen molar-refractivity contribution in [3.63, 3.8) is 0 Å². The number of fused-ring (bicyclic) bond motifs is 1. The van der Waals surface area contributed by atoms with Crippen molar-refractivity contribution in [2.24, 2.45) is 17.8 Å². The molecule has 0 bridgehead atoms. The molecule has 0 spiro atoms. The van der Waals surface area contributed by atoms with Gasteiger partial charge in [0.25, 0.3) is 0 Å². The summed E-state index contributed by atoms with van der Waals surface area (Å²) in [6.07, 6.45) is 6.21. The van der Waals surface area contributed by atoms with Gasteiger partial charge in [0.1, 0.15) is 5.60 Å². The highest BCUT2D eigenvalue weighted by atomic mass is 16.6. The summed E-state index contributed by atoms with van der Waals surface area (Å²) in [7, 11) is 0. The number of esters is 1. The lowest BCUT2D eigenvalue weighted by Gasteiger charge is -2.22. The Balaban J connectivity index is 1.88. The predicted molar refractivity (Wildman–Crippen MR) is 59.4 cm³/mol. The molecule has 0 aromatic carbocycles. The highest BCUT2D eigenvalue weighted by Gasteiger charge is 2.41. The number of hydrogen-bond donors (Lipinski definition) is 0. The van der Waals surface area contributed by atoms with E-state index in [0.717, 1.165) is 24.7 Å². The van der Waals surface area contributed by atoms with Crippen molar-refractivity contribution in [2.75, 3.05) is 0 Å². The summed E-state index contributed by atoms with van der Waals surface area (Å²) in [4.78, 5) is 11.9. The first-order valence-corrected chi connectivity index (χ1v) is 6.18. The minimum atomic E-state index is -0.325. The SMILES string of the molecule is CC(C)(C)OC(=O)C1CC2CCCC2C1. The van der Waals surface area contributed by atoms with Gasteiger partial charge < -0.3 is 4.74 Å². The Kier molecular flexibility index (Phi) is 2.78. The van der Waals surface area contributed by atoms with Crippen LogP contribution < -0.4 is 0 Å². The third-order valence-corrected chi connectivity index (χ3v) is 3.73. The van der Waals surface area contributed by atoms with E-state index in [1.165, 1.54) is 19.3 Å². The van der Waals surface area contributed by atoms with Crippen molar-refractivity contribution in [3.8, 4) is 0 Å². The van der Waals surface area contributed by atoms with Crippen molar-refractivity contribution < 1.29 is 9.53 Å². The van der Waals surface area contributed by atoms with E-state index in [4.69, 9.17) is 4.74 Å². The molecular formula is C13H22O2. The second-order valence-corrected chi connectivity index (χ2v) is 6.15. The van der Waals surface area contributed by atoms with E-state index in [0.29, 0.717) is 0 Å². The topological polar surface area (TPSA) is 26.3 Å². The molecule has 0 saturated heterocycles. The Morgan fingerprint density at radius 3 is 2.13 bits per heavy atom. The molecule has 2 atom stereocenters. The third-order valence-electron chi connectivity index (χ3n) is 3.73. The summed E-state index contributed by atoms with van der Waals surface area (Å²) < 4.78 is 5.45. The van der Waals surface area contributed by atoms with Crippen LogP contribution in [0.5, 0.6) is 0 Å². The Labute approximate surface area is 92.4 Å². The van der Waals surface area contributed by atoms with Crippen molar-refractivity contribution in [1.29, 1.82) is 0 Å². The minimum Gasteiger partial charge on any atom is -0.460 e. The molecule has 0 radical (unpaired) electrons. The van der Waals surface area contributed by atoms with Crippen molar-refractivity contribution in [1.82, 2.24) is 0 Å². The molecule has 15 heavy (non-hydrogen) atoms. The van der Waals surface area contributed by atoms with Gasteiger partial charge in [0.15, 0.2) is 0 Å². The van der Waals surface area contributed by atoms with Gasteiger partial charge in [0, 0.05) is 0 Å². The minimum absolute atomic E-state index is 0.0388. The van der Waals surface area contributed by atoms with Gasteiger partial charge in [-0.25, -0.2) is 0 Å². The quantitative estimate of drug-likeness (QED) is 0.621. The lowest BCUT2D eigenvalue weighted by Crippen LogP contribution is -2.28. The molecule has 2 aliphatic carbocycles. The van der Waals surface area contributed by atoms with Crippen LogP contribution in [0, 0.1) is 17.8 Å². The fourth-order valence-electron chi connectivity index (χ4n) is 3.14. The zero-order chi connectivity index (χ0) is 11.1. The van der Waals surface area contributed by atoms with Gasteiger partial charge in [-0.2, -0.15) is 0 Å². The number of carbonyl (C=O) groups is 1. The summed E-state index contributed by atoms with van der Waals surface area (Å²) in [5.41, 5.74) is -0.325. The smallest absolute Gasteiger partial charge is 0.309 e. The highest BCUT2D eigenvalue weighted by molar-refractivity contribution is 5.73. The largest absolute Gasteiger partial charge is 0.460 e. The lowest BCUT2D eigenvalue weighted by atomic mass is 10.0. The van der Waals surface area contributed by atoms with Crippen LogP contribution in [0.25, 0.3) is 0 Å². The molecular weight excluding hydrogens is 188 g/mol. The summed E-state index contributed by atoms with van der Waals surface area (Å²) in [6.45, 7) is 5.84. The van der Waals surface area contributed by atoms with E-state index in [-0.39, 0.29) is 17.5 Å². The first kappa shape index (κ1) is 11.0. The lowest BCUT2D eigenvalue weighted by molar-refractivity contribution is -0.159. The Bertz CT molecular complexity index is 240. The van der Waals surface area contributed by atoms with Crippen LogP contribution in [-0.4, -0.2) is 11.6 Å². The Morgan fingerprint density at radius 2 is 1.67 bits per heavy atom. The van der Waals surface area contributed by atoms with Gasteiger partial charge in [-0.15, -0.1) is 0 Å². The molecule has 0 aliphatic heterocycles. The summed E-state index contributed by atoms with van der Waals surface area (Å²) in [6, 6.07) is 0. The molecule has 2 unspecified atom stereocenters. The number of carbonyl (C=O) groups excluding carboxylic acids is 1. The molecule has 0 amide bonds. The fraction of sp³-hybridized carbons (Fsp3) is 0.923. The van der Waals surface area contributed by atoms with Gasteiger partial charge >= 0.3 is 5.97 Å². The van der Waals surface area contributed by atoms with Crippen LogP contribution in [0.1, 0.15) is 52.9 Å². The molecule has 2 rings (SSSR count). The van der Waals surface area contributed by atoms with Crippen molar-refractivity contribution in [3.05, 3.63) is 0 Å². The molecule has 2 fully saturated rings. The van der Waals surface area contributed by atoms with Gasteiger partial charge in [0.2, 0.25) is 0 Å². The molecule has 0 heterocycles. The first-order chi connectivity index (χ1) is 6.96. The van der Waals surface area contributed by atoms with Gasteiger partial charge in [-0.3, -0.25) is 4.79 Å². The standard InChI is InChI=1S/C13H22O2/c1-13(2,3)15-12(14)11-7-9-5-4-6-10(9)8-11/h9-11H,4-8H2,1-3H3. The fourth-order valence-corrected chi connectivity index (χ4v) is 3.14. The second kappa shape index (κ2) is 3.80. The second-order valence-electron chi connectivity index (χ2n) is 6.15. The first-order valence-electron chi connectivity index (χ1n) is 6.18. The number of ether oxygens (including phenoxy) is 1. The average molecular weight is 210 g/mol. The molecule has 2 heteroatoms. The van der Waals surface area contributed by atoms with Crippen LogP contribution in [-0.2, 0) is 9.53 Å². The number of rotatable bonds is 1. The van der Waals surface area contributed by atoms with E-state index in [1.807, 2.05) is 20.8 Å². The van der Waals surface area contributed by atoms with E-state index in [9.17, 15) is 4.79 Å². The zero-order valence-electron chi connectivity index (χ0n) is 10.1. The predicted octanol–water partition coefficient (Wildman–Crippen LogP) is 3.15. The normalized spacial score (nSPS) is 35.3. The molecule has 0 aromatic heterocycles. The molecule has 2 nitrogen and oxygen atoms in total. The van der Waals surface area contributed by atoms with Crippen LogP contribution in [0.15, 0.2) is 0 Å². The molecule has 0 aromatic rings.